The van der Waals surface area contributed by atoms with Crippen molar-refractivity contribution in [3.63, 3.8) is 0 Å². The van der Waals surface area contributed by atoms with Crippen LogP contribution in [-0.4, -0.2) is 56.0 Å². The number of aromatic nitrogens is 2. The van der Waals surface area contributed by atoms with Gasteiger partial charge in [0.25, 0.3) is 0 Å². The van der Waals surface area contributed by atoms with Crippen molar-refractivity contribution < 1.29 is 14.3 Å². The number of fused-ring (bicyclic) bond motifs is 1. The summed E-state index contributed by atoms with van der Waals surface area (Å²) in [4.78, 5) is 16.6. The lowest BCUT2D eigenvalue weighted by atomic mass is 9.78. The Balaban J connectivity index is 1.70. The van der Waals surface area contributed by atoms with Crippen molar-refractivity contribution >= 4 is 6.09 Å². The maximum absolute atomic E-state index is 13.3. The Morgan fingerprint density at radius 2 is 1.97 bits per heavy atom. The van der Waals surface area contributed by atoms with Crippen LogP contribution in [0, 0.1) is 11.2 Å². The summed E-state index contributed by atoms with van der Waals surface area (Å²) in [5.41, 5.74) is 1.64. The van der Waals surface area contributed by atoms with Crippen LogP contribution in [0.5, 0.6) is 0 Å². The molecular weight excluding hydrogens is 371 g/mol. The molecular formula is C22H29FN4O2. The molecule has 1 N–H and O–H groups in total. The van der Waals surface area contributed by atoms with Crippen molar-refractivity contribution in [1.29, 1.82) is 0 Å². The van der Waals surface area contributed by atoms with E-state index >= 15 is 0 Å². The Morgan fingerprint density at radius 1 is 1.24 bits per heavy atom. The van der Waals surface area contributed by atoms with Gasteiger partial charge in [-0.15, -0.1) is 0 Å². The van der Waals surface area contributed by atoms with E-state index in [1.807, 2.05) is 10.7 Å². The Bertz CT molecular complexity index is 874. The molecule has 0 bridgehead atoms. The van der Waals surface area contributed by atoms with Gasteiger partial charge >= 0.3 is 6.09 Å². The molecule has 1 unspecified atom stereocenters. The van der Waals surface area contributed by atoms with Gasteiger partial charge in [0.15, 0.2) is 0 Å². The molecule has 2 aromatic rings. The van der Waals surface area contributed by atoms with Crippen molar-refractivity contribution in [2.45, 2.75) is 58.3 Å². The normalized spacial score (nSPS) is 25.2. The molecule has 29 heavy (non-hydrogen) atoms. The molecule has 3 heterocycles. The molecule has 4 rings (SSSR count). The predicted octanol–water partition coefficient (Wildman–Crippen LogP) is 3.98. The van der Waals surface area contributed by atoms with Gasteiger partial charge in [-0.1, -0.05) is 32.9 Å². The van der Waals surface area contributed by atoms with Crippen molar-refractivity contribution in [3.05, 3.63) is 53.6 Å². The Labute approximate surface area is 170 Å². The van der Waals surface area contributed by atoms with Gasteiger partial charge in [0, 0.05) is 18.8 Å². The van der Waals surface area contributed by atoms with Crippen LogP contribution in [0.1, 0.15) is 50.9 Å². The lowest BCUT2D eigenvalue weighted by molar-refractivity contribution is -0.0401. The third-order valence-corrected chi connectivity index (χ3v) is 6.27. The molecule has 1 aromatic carbocycles. The Morgan fingerprint density at radius 3 is 2.62 bits per heavy atom. The second kappa shape index (κ2) is 7.44. The first kappa shape index (κ1) is 19.9. The van der Waals surface area contributed by atoms with E-state index in [1.165, 1.54) is 12.1 Å². The second-order valence-electron chi connectivity index (χ2n) is 9.26. The largest absolute Gasteiger partial charge is 0.465 e. The molecule has 0 spiro atoms. The first-order valence-electron chi connectivity index (χ1n) is 10.3. The first-order valence-corrected chi connectivity index (χ1v) is 10.3. The van der Waals surface area contributed by atoms with Gasteiger partial charge in [-0.25, -0.2) is 9.18 Å². The highest BCUT2D eigenvalue weighted by Gasteiger charge is 2.51. The van der Waals surface area contributed by atoms with Gasteiger partial charge in [0.2, 0.25) is 0 Å². The van der Waals surface area contributed by atoms with E-state index in [-0.39, 0.29) is 29.4 Å². The van der Waals surface area contributed by atoms with Crippen LogP contribution in [0.3, 0.4) is 0 Å². The highest BCUT2D eigenvalue weighted by Crippen LogP contribution is 2.43. The number of amides is 1. The van der Waals surface area contributed by atoms with Gasteiger partial charge < -0.3 is 5.11 Å². The van der Waals surface area contributed by atoms with Crippen LogP contribution in [-0.2, 0) is 6.54 Å². The lowest BCUT2D eigenvalue weighted by Gasteiger charge is -2.53. The van der Waals surface area contributed by atoms with E-state index in [9.17, 15) is 14.3 Å². The standard InChI is InChI=1S/C22H29FN4O2/c1-22(2,3)20-18-5-4-12-25(18)14-19(27(20)21(28)29)17-10-11-24-26(17)13-15-6-8-16(23)9-7-15/h6-11,18-20H,4-5,12-14H2,1-3H3,(H,28,29)/t18-,19+,20?/m1/s1. The zero-order valence-corrected chi connectivity index (χ0v) is 17.3. The third-order valence-electron chi connectivity index (χ3n) is 6.27. The number of halogens is 1. The molecule has 2 saturated heterocycles. The average Bonchev–Trinajstić information content (AvgIpc) is 3.29. The summed E-state index contributed by atoms with van der Waals surface area (Å²) in [6.45, 7) is 8.55. The number of hydrogen-bond donors (Lipinski definition) is 1. The zero-order chi connectivity index (χ0) is 20.8. The van der Waals surface area contributed by atoms with Gasteiger partial charge in [0.05, 0.1) is 24.3 Å². The SMILES string of the molecule is CC(C)(C)C1[C@H]2CCCN2C[C@@H](c2ccnn2Cc2ccc(F)cc2)N1C(=O)O. The van der Waals surface area contributed by atoms with Crippen LogP contribution < -0.4 is 0 Å². The van der Waals surface area contributed by atoms with Crippen molar-refractivity contribution in [2.75, 3.05) is 13.1 Å². The molecule has 1 amide bonds. The van der Waals surface area contributed by atoms with Gasteiger partial charge in [0.1, 0.15) is 5.82 Å². The molecule has 2 aliphatic rings. The summed E-state index contributed by atoms with van der Waals surface area (Å²) in [5.74, 6) is -0.271. The highest BCUT2D eigenvalue weighted by molar-refractivity contribution is 5.67. The summed E-state index contributed by atoms with van der Waals surface area (Å²) in [5, 5.41) is 14.7. The molecule has 7 heteroatoms. The molecule has 2 aliphatic heterocycles. The number of nitrogens with zero attached hydrogens (tertiary/aromatic N) is 4. The van der Waals surface area contributed by atoms with Crippen LogP contribution in [0.2, 0.25) is 0 Å². The molecule has 156 valence electrons. The first-order chi connectivity index (χ1) is 13.8. The van der Waals surface area contributed by atoms with Crippen LogP contribution >= 0.6 is 0 Å². The fraction of sp³-hybridized carbons (Fsp3) is 0.545. The summed E-state index contributed by atoms with van der Waals surface area (Å²) < 4.78 is 15.1. The number of carboxylic acid groups (broad SMARTS) is 1. The number of rotatable bonds is 3. The molecule has 3 atom stereocenters. The molecule has 2 fully saturated rings. The van der Waals surface area contributed by atoms with Crippen LogP contribution in [0.25, 0.3) is 0 Å². The van der Waals surface area contributed by atoms with Gasteiger partial charge in [-0.05, 0) is 48.6 Å². The highest BCUT2D eigenvalue weighted by atomic mass is 19.1. The van der Waals surface area contributed by atoms with Gasteiger partial charge in [-0.3, -0.25) is 14.5 Å². The van der Waals surface area contributed by atoms with E-state index in [1.54, 1.807) is 23.2 Å². The number of carbonyl (C=O) groups is 1. The lowest BCUT2D eigenvalue weighted by Crippen LogP contribution is -2.64. The van der Waals surface area contributed by atoms with Gasteiger partial charge in [-0.2, -0.15) is 5.10 Å². The number of benzene rings is 1. The maximum atomic E-state index is 13.3. The maximum Gasteiger partial charge on any atom is 0.408 e. The third kappa shape index (κ3) is 3.75. The smallest absolute Gasteiger partial charge is 0.408 e. The minimum atomic E-state index is -0.879. The van der Waals surface area contributed by atoms with Crippen molar-refractivity contribution in [1.82, 2.24) is 19.6 Å². The Kier molecular flexibility index (Phi) is 5.11. The molecule has 0 aliphatic carbocycles. The monoisotopic (exact) mass is 400 g/mol. The summed E-state index contributed by atoms with van der Waals surface area (Å²) in [7, 11) is 0. The molecule has 0 saturated carbocycles. The number of hydrogen-bond acceptors (Lipinski definition) is 3. The fourth-order valence-electron chi connectivity index (χ4n) is 5.13. The fourth-order valence-corrected chi connectivity index (χ4v) is 5.13. The molecule has 1 aromatic heterocycles. The summed E-state index contributed by atoms with van der Waals surface area (Å²) in [6, 6.07) is 8.16. The van der Waals surface area contributed by atoms with E-state index < -0.39 is 6.09 Å². The van der Waals surface area contributed by atoms with Crippen LogP contribution in [0.4, 0.5) is 9.18 Å². The van der Waals surface area contributed by atoms with Crippen molar-refractivity contribution in [2.24, 2.45) is 5.41 Å². The number of piperazine rings is 1. The quantitative estimate of drug-likeness (QED) is 0.846. The Hall–Kier alpha value is -2.41. The average molecular weight is 400 g/mol. The minimum absolute atomic E-state index is 0.0876. The molecule has 6 nitrogen and oxygen atoms in total. The zero-order valence-electron chi connectivity index (χ0n) is 17.3. The van der Waals surface area contributed by atoms with Crippen molar-refractivity contribution in [3.8, 4) is 0 Å². The second-order valence-corrected chi connectivity index (χ2v) is 9.26. The van der Waals surface area contributed by atoms with E-state index in [2.05, 4.69) is 30.8 Å². The summed E-state index contributed by atoms with van der Waals surface area (Å²) >= 11 is 0. The van der Waals surface area contributed by atoms with E-state index in [0.717, 1.165) is 30.6 Å². The van der Waals surface area contributed by atoms with E-state index in [4.69, 9.17) is 0 Å². The topological polar surface area (TPSA) is 61.6 Å². The minimum Gasteiger partial charge on any atom is -0.465 e. The van der Waals surface area contributed by atoms with Crippen LogP contribution in [0.15, 0.2) is 36.5 Å². The van der Waals surface area contributed by atoms with E-state index in [0.29, 0.717) is 13.1 Å². The molecule has 0 radical (unpaired) electrons. The predicted molar refractivity (Wildman–Crippen MR) is 108 cm³/mol. The summed E-state index contributed by atoms with van der Waals surface area (Å²) in [6.07, 6.45) is 2.98.